The predicted molar refractivity (Wildman–Crippen MR) is 149 cm³/mol. The Labute approximate surface area is 228 Å². The second kappa shape index (κ2) is 10.6. The van der Waals surface area contributed by atoms with Gasteiger partial charge >= 0.3 is 0 Å². The normalized spacial score (nSPS) is 40.9. The summed E-state index contributed by atoms with van der Waals surface area (Å²) in [5, 5.41) is 24.8. The third-order valence-electron chi connectivity index (χ3n) is 11.9. The fraction of sp³-hybridized carbons (Fsp3) is 0.781. The van der Waals surface area contributed by atoms with Crippen LogP contribution < -0.4 is 14.8 Å². The predicted octanol–water partition coefficient (Wildman–Crippen LogP) is 6.05. The van der Waals surface area contributed by atoms with Crippen LogP contribution in [0.25, 0.3) is 0 Å². The molecule has 5 rings (SSSR count). The van der Waals surface area contributed by atoms with E-state index in [2.05, 4.69) is 26.1 Å². The minimum atomic E-state index is -0.245. The maximum Gasteiger partial charge on any atom is 0.224 e. The zero-order valence-corrected chi connectivity index (χ0v) is 24.0. The number of hydrogen-bond acceptors (Lipinski definition) is 5. The van der Waals surface area contributed by atoms with Crippen molar-refractivity contribution < 1.29 is 24.5 Å². The third-order valence-corrected chi connectivity index (χ3v) is 11.9. The topological polar surface area (TPSA) is 88.0 Å². The van der Waals surface area contributed by atoms with E-state index < -0.39 is 0 Å². The molecule has 0 aromatic heterocycles. The summed E-state index contributed by atoms with van der Waals surface area (Å²) in [5.41, 5.74) is 1.13. The molecule has 1 aromatic rings. The molecular weight excluding hydrogens is 478 g/mol. The number of rotatable bonds is 7. The number of fused-ring (bicyclic) bond motifs is 5. The summed E-state index contributed by atoms with van der Waals surface area (Å²) in [7, 11) is 3.22. The lowest BCUT2D eigenvalue weighted by atomic mass is 9.43. The van der Waals surface area contributed by atoms with E-state index in [0.29, 0.717) is 59.1 Å². The van der Waals surface area contributed by atoms with Gasteiger partial charge in [0.2, 0.25) is 5.91 Å². The van der Waals surface area contributed by atoms with Gasteiger partial charge in [0.05, 0.1) is 32.1 Å². The maximum absolute atomic E-state index is 12.9. The monoisotopic (exact) mass is 527 g/mol. The van der Waals surface area contributed by atoms with Crippen molar-refractivity contribution in [2.45, 2.75) is 97.2 Å². The summed E-state index contributed by atoms with van der Waals surface area (Å²) < 4.78 is 10.7. The molecule has 4 fully saturated rings. The second-order valence-corrected chi connectivity index (χ2v) is 13.6. The van der Waals surface area contributed by atoms with E-state index in [9.17, 15) is 15.0 Å². The summed E-state index contributed by atoms with van der Waals surface area (Å²) in [4.78, 5) is 12.9. The van der Waals surface area contributed by atoms with Crippen LogP contribution in [-0.4, -0.2) is 42.5 Å². The third kappa shape index (κ3) is 4.74. The molecule has 10 atom stereocenters. The SMILES string of the molecule is COc1ccc(OC)c(NC(=O)CC[C@H](C)[C@@H]2CC[C@@H]3[C@H]4[C@H](O)C[C@H]5C[C@@H](O)CC[C@@]5(C)[C@@H]4CC[C@]32C)c1. The number of carbonyl (C=O) groups is 1. The number of aliphatic hydroxyl groups excluding tert-OH is 2. The first-order chi connectivity index (χ1) is 18.1. The van der Waals surface area contributed by atoms with E-state index in [1.54, 1.807) is 20.3 Å². The molecule has 6 nitrogen and oxygen atoms in total. The second-order valence-electron chi connectivity index (χ2n) is 13.6. The molecule has 0 unspecified atom stereocenters. The van der Waals surface area contributed by atoms with E-state index in [1.165, 1.54) is 25.7 Å². The van der Waals surface area contributed by atoms with E-state index in [1.807, 2.05) is 12.1 Å². The Bertz CT molecular complexity index is 1010. The first-order valence-electron chi connectivity index (χ1n) is 15.0. The Morgan fingerprint density at radius 1 is 1.03 bits per heavy atom. The zero-order valence-electron chi connectivity index (χ0n) is 24.0. The standard InChI is InChI=1S/C32H49NO5/c1-19(6-11-29(36)33-26-18-22(37-4)7-10-28(26)38-5)23-8-9-24-30-25(13-15-32(23,24)3)31(2)14-12-21(34)16-20(31)17-27(30)35/h7,10,18-21,23-25,27,30,34-35H,6,8-9,11-17H2,1-5H3,(H,33,36)/t19-,20+,21-,23-,24+,25+,27+,30+,31+,32-/m0/s1. The Morgan fingerprint density at radius 2 is 1.76 bits per heavy atom. The van der Waals surface area contributed by atoms with Crippen LogP contribution in [0, 0.1) is 46.3 Å². The zero-order chi connectivity index (χ0) is 27.2. The van der Waals surface area contributed by atoms with Crippen LogP contribution in [0.1, 0.15) is 85.0 Å². The number of benzene rings is 1. The molecular formula is C32H49NO5. The van der Waals surface area contributed by atoms with Crippen molar-refractivity contribution in [2.24, 2.45) is 46.3 Å². The van der Waals surface area contributed by atoms with Gasteiger partial charge in [-0.25, -0.2) is 0 Å². The minimum absolute atomic E-state index is 0.00738. The van der Waals surface area contributed by atoms with Crippen LogP contribution in [0.5, 0.6) is 11.5 Å². The van der Waals surface area contributed by atoms with Crippen molar-refractivity contribution in [1.29, 1.82) is 0 Å². The van der Waals surface area contributed by atoms with Crippen molar-refractivity contribution in [3.05, 3.63) is 18.2 Å². The molecule has 0 heterocycles. The lowest BCUT2D eigenvalue weighted by Gasteiger charge is -2.62. The molecule has 0 saturated heterocycles. The van der Waals surface area contributed by atoms with Crippen LogP contribution in [0.2, 0.25) is 0 Å². The molecule has 1 amide bonds. The number of carbonyl (C=O) groups excluding carboxylic acids is 1. The van der Waals surface area contributed by atoms with Gasteiger partial charge in [-0.15, -0.1) is 0 Å². The fourth-order valence-electron chi connectivity index (χ4n) is 9.86. The van der Waals surface area contributed by atoms with Gasteiger partial charge in [0, 0.05) is 12.5 Å². The summed E-state index contributed by atoms with van der Waals surface area (Å²) in [5.74, 6) is 4.31. The highest BCUT2D eigenvalue weighted by Gasteiger charge is 2.62. The molecule has 4 saturated carbocycles. The Balaban J connectivity index is 1.23. The fourth-order valence-corrected chi connectivity index (χ4v) is 9.86. The molecule has 0 bridgehead atoms. The molecule has 0 radical (unpaired) electrons. The quantitative estimate of drug-likeness (QED) is 0.402. The van der Waals surface area contributed by atoms with Crippen molar-refractivity contribution in [3.8, 4) is 11.5 Å². The van der Waals surface area contributed by atoms with Crippen molar-refractivity contribution in [2.75, 3.05) is 19.5 Å². The van der Waals surface area contributed by atoms with Crippen LogP contribution in [-0.2, 0) is 4.79 Å². The highest BCUT2D eigenvalue weighted by Crippen LogP contribution is 2.68. The number of methoxy groups -OCH3 is 2. The van der Waals surface area contributed by atoms with E-state index in [0.717, 1.165) is 32.1 Å². The van der Waals surface area contributed by atoms with E-state index in [4.69, 9.17) is 9.47 Å². The molecule has 38 heavy (non-hydrogen) atoms. The molecule has 0 spiro atoms. The minimum Gasteiger partial charge on any atom is -0.497 e. The van der Waals surface area contributed by atoms with Gasteiger partial charge in [-0.1, -0.05) is 20.8 Å². The van der Waals surface area contributed by atoms with Gasteiger partial charge in [0.15, 0.2) is 0 Å². The largest absolute Gasteiger partial charge is 0.497 e. The summed E-state index contributed by atoms with van der Waals surface area (Å²) in [6, 6.07) is 5.43. The Kier molecular flexibility index (Phi) is 7.78. The highest BCUT2D eigenvalue weighted by molar-refractivity contribution is 5.92. The number of hydrogen-bond donors (Lipinski definition) is 3. The van der Waals surface area contributed by atoms with Gasteiger partial charge < -0.3 is 25.0 Å². The van der Waals surface area contributed by atoms with Gasteiger partial charge in [-0.3, -0.25) is 4.79 Å². The highest BCUT2D eigenvalue weighted by atomic mass is 16.5. The van der Waals surface area contributed by atoms with Crippen molar-refractivity contribution in [3.63, 3.8) is 0 Å². The number of ether oxygens (including phenoxy) is 2. The molecule has 1 aromatic carbocycles. The average molecular weight is 528 g/mol. The molecule has 212 valence electrons. The van der Waals surface area contributed by atoms with Crippen LogP contribution in [0.3, 0.4) is 0 Å². The smallest absolute Gasteiger partial charge is 0.224 e. The number of anilines is 1. The lowest BCUT2D eigenvalue weighted by Crippen LogP contribution is -2.58. The van der Waals surface area contributed by atoms with Crippen molar-refractivity contribution in [1.82, 2.24) is 0 Å². The van der Waals surface area contributed by atoms with E-state index in [-0.39, 0.29) is 28.9 Å². The average Bonchev–Trinajstić information content (AvgIpc) is 3.25. The molecule has 4 aliphatic rings. The maximum atomic E-state index is 12.9. The first-order valence-corrected chi connectivity index (χ1v) is 15.0. The number of aliphatic hydroxyl groups is 2. The number of nitrogens with one attached hydrogen (secondary N) is 1. The first kappa shape index (κ1) is 27.8. The van der Waals surface area contributed by atoms with Crippen LogP contribution >= 0.6 is 0 Å². The van der Waals surface area contributed by atoms with E-state index >= 15 is 0 Å². The molecule has 4 aliphatic carbocycles. The summed E-state index contributed by atoms with van der Waals surface area (Å²) in [6.07, 6.45) is 9.45. The van der Waals surface area contributed by atoms with Gasteiger partial charge in [-0.2, -0.15) is 0 Å². The Hall–Kier alpha value is -1.79. The summed E-state index contributed by atoms with van der Waals surface area (Å²) >= 11 is 0. The van der Waals surface area contributed by atoms with Gasteiger partial charge in [0.1, 0.15) is 11.5 Å². The molecule has 3 N–H and O–H groups in total. The number of amides is 1. The molecule has 6 heteroatoms. The Morgan fingerprint density at radius 3 is 2.50 bits per heavy atom. The van der Waals surface area contributed by atoms with Crippen molar-refractivity contribution >= 4 is 11.6 Å². The van der Waals surface area contributed by atoms with Gasteiger partial charge in [-0.05, 0) is 116 Å². The van der Waals surface area contributed by atoms with Crippen LogP contribution in [0.15, 0.2) is 18.2 Å². The summed E-state index contributed by atoms with van der Waals surface area (Å²) in [6.45, 7) is 7.30. The lowest BCUT2D eigenvalue weighted by molar-refractivity contribution is -0.174. The van der Waals surface area contributed by atoms with Crippen LogP contribution in [0.4, 0.5) is 5.69 Å². The van der Waals surface area contributed by atoms with Gasteiger partial charge in [0.25, 0.3) is 0 Å². The molecule has 0 aliphatic heterocycles.